The molecule has 1 aliphatic heterocycles. The molecule has 1 heterocycles. The number of allylic oxidation sites excluding steroid dienone is 3. The van der Waals surface area contributed by atoms with Crippen LogP contribution in [0.5, 0.6) is 0 Å². The molecule has 116 valence electrons. The van der Waals surface area contributed by atoms with Crippen LogP contribution in [0.25, 0.3) is 0 Å². The Morgan fingerprint density at radius 3 is 2.77 bits per heavy atom. The molecule has 2 aliphatic carbocycles. The minimum atomic E-state index is -0.0285. The van der Waals surface area contributed by atoms with Gasteiger partial charge in [0.25, 0.3) is 5.91 Å². The molecule has 22 heavy (non-hydrogen) atoms. The molecule has 3 aliphatic rings. The third-order valence-electron chi connectivity index (χ3n) is 4.87. The monoisotopic (exact) mass is 298 g/mol. The topological polar surface area (TPSA) is 58.5 Å². The van der Waals surface area contributed by atoms with Crippen LogP contribution in [0.4, 0.5) is 0 Å². The number of fused-ring (bicyclic) bond motifs is 1. The van der Waals surface area contributed by atoms with Crippen LogP contribution in [0.3, 0.4) is 0 Å². The first-order chi connectivity index (χ1) is 10.6. The number of aliphatic imine (C=N–C) groups is 1. The van der Waals surface area contributed by atoms with Gasteiger partial charge in [-0.1, -0.05) is 31.4 Å². The van der Waals surface area contributed by atoms with Gasteiger partial charge in [0.05, 0.1) is 5.71 Å². The second kappa shape index (κ2) is 6.03. The maximum Gasteiger partial charge on any atom is 0.251 e. The van der Waals surface area contributed by atoms with E-state index in [2.05, 4.69) is 10.3 Å². The summed E-state index contributed by atoms with van der Waals surface area (Å²) in [4.78, 5) is 28.5. The average molecular weight is 298 g/mol. The van der Waals surface area contributed by atoms with Gasteiger partial charge < -0.3 is 5.32 Å². The van der Waals surface area contributed by atoms with Crippen LogP contribution in [-0.2, 0) is 9.59 Å². The number of hydrogen-bond donors (Lipinski definition) is 1. The molecular formula is C18H22N2O2. The lowest BCUT2D eigenvalue weighted by atomic mass is 9.84. The van der Waals surface area contributed by atoms with E-state index in [0.717, 1.165) is 48.9 Å². The molecule has 2 amide bonds. The van der Waals surface area contributed by atoms with Crippen molar-refractivity contribution in [3.8, 4) is 0 Å². The van der Waals surface area contributed by atoms with Crippen molar-refractivity contribution in [1.29, 1.82) is 0 Å². The van der Waals surface area contributed by atoms with E-state index in [4.69, 9.17) is 0 Å². The minimum absolute atomic E-state index is 0.0175. The summed E-state index contributed by atoms with van der Waals surface area (Å²) in [5.41, 5.74) is 3.43. The molecular weight excluding hydrogens is 276 g/mol. The smallest absolute Gasteiger partial charge is 0.251 e. The Hall–Kier alpha value is -1.97. The summed E-state index contributed by atoms with van der Waals surface area (Å²) in [6.45, 7) is 4.00. The zero-order valence-electron chi connectivity index (χ0n) is 13.2. The van der Waals surface area contributed by atoms with Crippen molar-refractivity contribution >= 4 is 17.5 Å². The van der Waals surface area contributed by atoms with Crippen LogP contribution in [0.2, 0.25) is 0 Å². The highest BCUT2D eigenvalue weighted by molar-refractivity contribution is 6.11. The third kappa shape index (κ3) is 2.70. The first-order valence-electron chi connectivity index (χ1n) is 8.13. The molecule has 0 spiro atoms. The molecule has 1 unspecified atom stereocenters. The van der Waals surface area contributed by atoms with Gasteiger partial charge >= 0.3 is 0 Å². The lowest BCUT2D eigenvalue weighted by Crippen LogP contribution is -2.36. The number of rotatable bonds is 2. The van der Waals surface area contributed by atoms with Crippen molar-refractivity contribution in [2.24, 2.45) is 16.8 Å². The van der Waals surface area contributed by atoms with Gasteiger partial charge in [-0.3, -0.25) is 9.59 Å². The fourth-order valence-corrected chi connectivity index (χ4v) is 3.56. The highest BCUT2D eigenvalue weighted by Gasteiger charge is 2.29. The van der Waals surface area contributed by atoms with E-state index in [-0.39, 0.29) is 23.7 Å². The van der Waals surface area contributed by atoms with Gasteiger partial charge in [-0.2, -0.15) is 0 Å². The van der Waals surface area contributed by atoms with E-state index in [9.17, 15) is 9.59 Å². The number of carbonyl (C=O) groups is 2. The molecule has 1 saturated carbocycles. The molecule has 0 radical (unpaired) electrons. The Balaban J connectivity index is 1.83. The maximum absolute atomic E-state index is 12.2. The normalized spacial score (nSPS) is 27.0. The van der Waals surface area contributed by atoms with Crippen molar-refractivity contribution < 1.29 is 9.59 Å². The molecule has 0 aromatic rings. The number of nitrogens with zero attached hydrogens (tertiary/aromatic N) is 1. The van der Waals surface area contributed by atoms with Gasteiger partial charge in [-0.05, 0) is 38.3 Å². The van der Waals surface area contributed by atoms with E-state index >= 15 is 0 Å². The van der Waals surface area contributed by atoms with Crippen molar-refractivity contribution in [3.05, 3.63) is 35.1 Å². The summed E-state index contributed by atoms with van der Waals surface area (Å²) in [5, 5.41) is 2.94. The van der Waals surface area contributed by atoms with E-state index < -0.39 is 0 Å². The van der Waals surface area contributed by atoms with Gasteiger partial charge in [0.2, 0.25) is 5.91 Å². The molecule has 3 rings (SSSR count). The predicted octanol–water partition coefficient (Wildman–Crippen LogP) is 3.07. The molecule has 0 bridgehead atoms. The van der Waals surface area contributed by atoms with E-state index in [1.807, 2.05) is 32.1 Å². The standard InChI is InChI=1S/C18H22N2O2/c1-3-14-11(2)15-9-8-13(10-16(15)20-18(14)22)19-17(21)12-6-4-5-7-12/h8-10,12,15H,3-7H2,1-2H3,(H,20,22). The summed E-state index contributed by atoms with van der Waals surface area (Å²) < 4.78 is 0. The quantitative estimate of drug-likeness (QED) is 0.851. The van der Waals surface area contributed by atoms with Crippen LogP contribution in [0.1, 0.15) is 46.0 Å². The Bertz CT molecular complexity index is 631. The van der Waals surface area contributed by atoms with Crippen molar-refractivity contribution in [3.63, 3.8) is 0 Å². The zero-order chi connectivity index (χ0) is 15.7. The van der Waals surface area contributed by atoms with Crippen LogP contribution in [0.15, 0.2) is 40.1 Å². The maximum atomic E-state index is 12.2. The zero-order valence-corrected chi connectivity index (χ0v) is 13.2. The second-order valence-corrected chi connectivity index (χ2v) is 6.26. The molecule has 1 N–H and O–H groups in total. The molecule has 0 aromatic heterocycles. The van der Waals surface area contributed by atoms with Crippen molar-refractivity contribution in [1.82, 2.24) is 5.32 Å². The van der Waals surface area contributed by atoms with Crippen molar-refractivity contribution in [2.75, 3.05) is 0 Å². The fraction of sp³-hybridized carbons (Fsp3) is 0.500. The number of carbonyl (C=O) groups excluding carboxylic acids is 2. The summed E-state index contributed by atoms with van der Waals surface area (Å²) in [6, 6.07) is 0. The molecule has 4 nitrogen and oxygen atoms in total. The molecule has 0 saturated heterocycles. The number of hydrogen-bond acceptors (Lipinski definition) is 2. The molecule has 0 aromatic carbocycles. The summed E-state index contributed by atoms with van der Waals surface area (Å²) in [7, 11) is 0. The van der Waals surface area contributed by atoms with Crippen LogP contribution in [0, 0.1) is 11.8 Å². The second-order valence-electron chi connectivity index (χ2n) is 6.26. The van der Waals surface area contributed by atoms with Crippen LogP contribution >= 0.6 is 0 Å². The van der Waals surface area contributed by atoms with Crippen molar-refractivity contribution in [2.45, 2.75) is 46.0 Å². The van der Waals surface area contributed by atoms with Gasteiger partial charge in [0.1, 0.15) is 0 Å². The van der Waals surface area contributed by atoms with Gasteiger partial charge in [0, 0.05) is 23.1 Å². The fourth-order valence-electron chi connectivity index (χ4n) is 3.56. The summed E-state index contributed by atoms with van der Waals surface area (Å²) in [6.07, 6.45) is 10.7. The van der Waals surface area contributed by atoms with Crippen LogP contribution < -0.4 is 5.32 Å². The lowest BCUT2D eigenvalue weighted by Gasteiger charge is -2.29. The molecule has 1 atom stereocenters. The average Bonchev–Trinajstić information content (AvgIpc) is 3.01. The van der Waals surface area contributed by atoms with E-state index in [1.165, 1.54) is 0 Å². The summed E-state index contributed by atoms with van der Waals surface area (Å²) >= 11 is 0. The third-order valence-corrected chi connectivity index (χ3v) is 4.87. The first-order valence-corrected chi connectivity index (χ1v) is 8.13. The number of nitrogens with one attached hydrogen (secondary N) is 1. The Morgan fingerprint density at radius 2 is 2.09 bits per heavy atom. The van der Waals surface area contributed by atoms with Gasteiger partial charge in [-0.15, -0.1) is 0 Å². The molecule has 4 heteroatoms. The Morgan fingerprint density at radius 1 is 1.36 bits per heavy atom. The minimum Gasteiger partial charge on any atom is -0.325 e. The lowest BCUT2D eigenvalue weighted by molar-refractivity contribution is -0.121. The highest BCUT2D eigenvalue weighted by atomic mass is 16.2. The number of amides is 2. The SMILES string of the molecule is CCC1=C(C)C2C=CC(=NC(=O)C3CCCC3)C=C2NC1=O. The van der Waals surface area contributed by atoms with Gasteiger partial charge in [0.15, 0.2) is 0 Å². The van der Waals surface area contributed by atoms with E-state index in [1.54, 1.807) is 0 Å². The van der Waals surface area contributed by atoms with Gasteiger partial charge in [-0.25, -0.2) is 4.99 Å². The summed E-state index contributed by atoms with van der Waals surface area (Å²) in [5.74, 6) is 0.148. The Labute approximate surface area is 131 Å². The first kappa shape index (κ1) is 14.9. The van der Waals surface area contributed by atoms with Crippen LogP contribution in [-0.4, -0.2) is 17.5 Å². The predicted molar refractivity (Wildman–Crippen MR) is 86.2 cm³/mol. The molecule has 1 fully saturated rings. The van der Waals surface area contributed by atoms with E-state index in [0.29, 0.717) is 5.71 Å². The highest BCUT2D eigenvalue weighted by Crippen LogP contribution is 2.31. The largest absolute Gasteiger partial charge is 0.325 e. The Kier molecular flexibility index (Phi) is 4.10.